The number of hydrogen-bond donors (Lipinski definition) is 1. The van der Waals surface area contributed by atoms with Gasteiger partial charge >= 0.3 is 0 Å². The molecule has 0 spiro atoms. The maximum Gasteiger partial charge on any atom is 0.0433 e. The van der Waals surface area contributed by atoms with Crippen LogP contribution < -0.4 is 0 Å². The minimum absolute atomic E-state index is 0.296. The first-order chi connectivity index (χ1) is 6.41. The van der Waals surface area contributed by atoms with Gasteiger partial charge in [-0.3, -0.25) is 0 Å². The Morgan fingerprint density at radius 2 is 1.54 bits per heavy atom. The molecule has 1 nitrogen and oxygen atoms in total. The molecule has 0 fully saturated rings. The molecule has 76 valence electrons. The van der Waals surface area contributed by atoms with Crippen molar-refractivity contribution in [1.82, 2.24) is 0 Å². The Morgan fingerprint density at radius 3 is 2.08 bits per heavy atom. The quantitative estimate of drug-likeness (QED) is 0.450. The molecule has 0 atom stereocenters. The second-order valence-corrected chi connectivity index (χ2v) is 3.22. The van der Waals surface area contributed by atoms with Gasteiger partial charge in [0.2, 0.25) is 0 Å². The summed E-state index contributed by atoms with van der Waals surface area (Å²) in [5.41, 5.74) is 0. The van der Waals surface area contributed by atoms with Gasteiger partial charge in [-0.25, -0.2) is 0 Å². The third kappa shape index (κ3) is 11.4. The van der Waals surface area contributed by atoms with Crippen molar-refractivity contribution in [2.45, 2.75) is 45.4 Å². The Balaban J connectivity index is 3.15. The second kappa shape index (κ2) is 11.4. The zero-order chi connectivity index (χ0) is 9.78. The molecular weight excluding hydrogens is 160 g/mol. The fourth-order valence-corrected chi connectivity index (χ4v) is 1.07. The molecule has 0 amide bonds. The van der Waals surface area contributed by atoms with Crippen LogP contribution in [-0.4, -0.2) is 11.7 Å². The molecule has 0 bridgehead atoms. The van der Waals surface area contributed by atoms with E-state index in [0.29, 0.717) is 6.61 Å². The summed E-state index contributed by atoms with van der Waals surface area (Å²) in [7, 11) is 0. The Morgan fingerprint density at radius 1 is 0.923 bits per heavy atom. The van der Waals surface area contributed by atoms with Crippen molar-refractivity contribution in [3.8, 4) is 0 Å². The smallest absolute Gasteiger partial charge is 0.0433 e. The number of hydrogen-bond acceptors (Lipinski definition) is 1. The van der Waals surface area contributed by atoms with E-state index in [2.05, 4.69) is 31.2 Å². The zero-order valence-electron chi connectivity index (χ0n) is 8.71. The summed E-state index contributed by atoms with van der Waals surface area (Å²) in [6, 6.07) is 0. The van der Waals surface area contributed by atoms with Crippen LogP contribution in [-0.2, 0) is 0 Å². The fourth-order valence-electron chi connectivity index (χ4n) is 1.07. The Bertz CT molecular complexity index is 136. The Labute approximate surface area is 82.2 Å². The van der Waals surface area contributed by atoms with E-state index in [4.69, 9.17) is 5.11 Å². The summed E-state index contributed by atoms with van der Waals surface area (Å²) < 4.78 is 0. The van der Waals surface area contributed by atoms with E-state index >= 15 is 0 Å². The van der Waals surface area contributed by atoms with Gasteiger partial charge in [0.25, 0.3) is 0 Å². The first kappa shape index (κ1) is 12.4. The first-order valence-electron chi connectivity index (χ1n) is 5.34. The van der Waals surface area contributed by atoms with Crippen molar-refractivity contribution < 1.29 is 5.11 Å². The molecule has 0 saturated heterocycles. The van der Waals surface area contributed by atoms with E-state index in [1.54, 1.807) is 0 Å². The molecule has 0 rings (SSSR count). The maximum absolute atomic E-state index is 8.51. The molecule has 0 aromatic carbocycles. The van der Waals surface area contributed by atoms with Gasteiger partial charge in [-0.05, 0) is 25.7 Å². The van der Waals surface area contributed by atoms with Gasteiger partial charge in [0, 0.05) is 6.61 Å². The molecule has 0 aliphatic carbocycles. The van der Waals surface area contributed by atoms with Gasteiger partial charge in [0.15, 0.2) is 0 Å². The van der Waals surface area contributed by atoms with Gasteiger partial charge in [-0.2, -0.15) is 0 Å². The van der Waals surface area contributed by atoms with Crippen LogP contribution in [0.2, 0.25) is 0 Å². The number of aliphatic hydroxyl groups is 1. The van der Waals surface area contributed by atoms with Crippen LogP contribution >= 0.6 is 0 Å². The molecule has 1 heteroatoms. The molecule has 0 aliphatic rings. The lowest BCUT2D eigenvalue weighted by molar-refractivity contribution is 0.289. The number of unbranched alkanes of at least 4 members (excludes halogenated alkanes) is 4. The third-order valence-electron chi connectivity index (χ3n) is 1.89. The van der Waals surface area contributed by atoms with Gasteiger partial charge in [0.1, 0.15) is 0 Å². The summed E-state index contributed by atoms with van der Waals surface area (Å²) in [6.45, 7) is 2.52. The highest BCUT2D eigenvalue weighted by Gasteiger charge is 1.80. The number of aliphatic hydroxyl groups excluding tert-OH is 1. The van der Waals surface area contributed by atoms with Crippen LogP contribution in [0.5, 0.6) is 0 Å². The van der Waals surface area contributed by atoms with Crippen LogP contribution in [0.1, 0.15) is 45.4 Å². The van der Waals surface area contributed by atoms with Crippen molar-refractivity contribution in [2.24, 2.45) is 0 Å². The van der Waals surface area contributed by atoms with E-state index in [-0.39, 0.29) is 0 Å². The molecule has 0 saturated carbocycles. The summed E-state index contributed by atoms with van der Waals surface area (Å²) in [5, 5.41) is 8.51. The van der Waals surface area contributed by atoms with Crippen LogP contribution in [0.25, 0.3) is 0 Å². The van der Waals surface area contributed by atoms with Crippen molar-refractivity contribution in [2.75, 3.05) is 6.61 Å². The van der Waals surface area contributed by atoms with Gasteiger partial charge in [-0.15, -0.1) is 0 Å². The summed E-state index contributed by atoms with van der Waals surface area (Å²) in [4.78, 5) is 0. The zero-order valence-corrected chi connectivity index (χ0v) is 8.71. The minimum atomic E-state index is 0.296. The Kier molecular flexibility index (Phi) is 10.9. The van der Waals surface area contributed by atoms with E-state index in [1.807, 2.05) is 0 Å². The molecule has 1 N–H and O–H groups in total. The molecule has 0 aliphatic heterocycles. The summed E-state index contributed by atoms with van der Waals surface area (Å²) in [5.74, 6) is 0. The SMILES string of the molecule is CCCCC/C=C/C=C\CCCO. The lowest BCUT2D eigenvalue weighted by atomic mass is 10.2. The molecule has 0 radical (unpaired) electrons. The monoisotopic (exact) mass is 182 g/mol. The largest absolute Gasteiger partial charge is 0.396 e. The molecule has 0 unspecified atom stereocenters. The number of allylic oxidation sites excluding steroid dienone is 4. The number of rotatable bonds is 8. The third-order valence-corrected chi connectivity index (χ3v) is 1.89. The highest BCUT2D eigenvalue weighted by atomic mass is 16.2. The Hall–Kier alpha value is -0.560. The highest BCUT2D eigenvalue weighted by molar-refractivity contribution is 5.02. The van der Waals surface area contributed by atoms with E-state index in [0.717, 1.165) is 12.8 Å². The van der Waals surface area contributed by atoms with E-state index < -0.39 is 0 Å². The molecule has 13 heavy (non-hydrogen) atoms. The van der Waals surface area contributed by atoms with Crippen LogP contribution in [0.15, 0.2) is 24.3 Å². The summed E-state index contributed by atoms with van der Waals surface area (Å²) >= 11 is 0. The fraction of sp³-hybridized carbons (Fsp3) is 0.667. The average Bonchev–Trinajstić information content (AvgIpc) is 2.16. The van der Waals surface area contributed by atoms with E-state index in [9.17, 15) is 0 Å². The first-order valence-corrected chi connectivity index (χ1v) is 5.34. The maximum atomic E-state index is 8.51. The van der Waals surface area contributed by atoms with Gasteiger partial charge in [-0.1, -0.05) is 44.1 Å². The molecular formula is C12H22O. The van der Waals surface area contributed by atoms with Gasteiger partial charge < -0.3 is 5.11 Å². The van der Waals surface area contributed by atoms with Crippen LogP contribution in [0.4, 0.5) is 0 Å². The van der Waals surface area contributed by atoms with Crippen molar-refractivity contribution in [3.63, 3.8) is 0 Å². The van der Waals surface area contributed by atoms with Crippen LogP contribution in [0.3, 0.4) is 0 Å². The van der Waals surface area contributed by atoms with Crippen molar-refractivity contribution >= 4 is 0 Å². The lowest BCUT2D eigenvalue weighted by Crippen LogP contribution is -1.77. The minimum Gasteiger partial charge on any atom is -0.396 e. The van der Waals surface area contributed by atoms with Gasteiger partial charge in [0.05, 0.1) is 0 Å². The van der Waals surface area contributed by atoms with Crippen molar-refractivity contribution in [1.29, 1.82) is 0 Å². The predicted octanol–water partition coefficient (Wildman–Crippen LogP) is 3.45. The summed E-state index contributed by atoms with van der Waals surface area (Å²) in [6.07, 6.45) is 15.5. The lowest BCUT2D eigenvalue weighted by Gasteiger charge is -1.90. The highest BCUT2D eigenvalue weighted by Crippen LogP contribution is 1.99. The normalized spacial score (nSPS) is 11.8. The molecule has 0 aromatic rings. The van der Waals surface area contributed by atoms with Crippen LogP contribution in [0, 0.1) is 0 Å². The molecule has 0 heterocycles. The van der Waals surface area contributed by atoms with Crippen molar-refractivity contribution in [3.05, 3.63) is 24.3 Å². The second-order valence-electron chi connectivity index (χ2n) is 3.22. The topological polar surface area (TPSA) is 20.2 Å². The molecule has 0 aromatic heterocycles. The van der Waals surface area contributed by atoms with E-state index in [1.165, 1.54) is 25.7 Å². The standard InChI is InChI=1S/C12H22O/c1-2-3-4-5-6-7-8-9-10-11-12-13/h6-9,13H,2-5,10-12H2,1H3/b7-6+,9-8-. The average molecular weight is 182 g/mol. The predicted molar refractivity (Wildman–Crippen MR) is 58.7 cm³/mol.